The number of benzene rings is 2. The number of halogens is 3. The molecule has 0 amide bonds. The average Bonchev–Trinajstić information content (AvgIpc) is 3.34. The second kappa shape index (κ2) is 6.70. The molecule has 0 saturated carbocycles. The molecule has 0 spiro atoms. The van der Waals surface area contributed by atoms with Gasteiger partial charge in [0.25, 0.3) is 0 Å². The molecule has 5 rings (SSSR count). The SMILES string of the molecule is Cc1cc(C)c(C2=C(O)[C@@H]3[C@@H]4O[C@@H](C[C@H]4c4ccc(C(F)(F)F)cc4)[C@@H]3C2=O)c(C)c1. The number of hydrogen-bond donors (Lipinski definition) is 1. The Bertz CT molecular complexity index is 1090. The summed E-state index contributed by atoms with van der Waals surface area (Å²) in [5.74, 6) is -1.05. The van der Waals surface area contributed by atoms with Crippen molar-refractivity contribution in [3.8, 4) is 0 Å². The number of allylic oxidation sites excluding steroid dienone is 1. The van der Waals surface area contributed by atoms with Crippen LogP contribution in [0.15, 0.2) is 42.2 Å². The molecule has 31 heavy (non-hydrogen) atoms. The third-order valence-corrected chi connectivity index (χ3v) is 7.07. The van der Waals surface area contributed by atoms with E-state index in [2.05, 4.69) is 0 Å². The topological polar surface area (TPSA) is 46.5 Å². The second-order valence-corrected chi connectivity index (χ2v) is 9.05. The lowest BCUT2D eigenvalue weighted by Gasteiger charge is -2.28. The van der Waals surface area contributed by atoms with E-state index in [0.29, 0.717) is 12.0 Å². The van der Waals surface area contributed by atoms with Gasteiger partial charge in [0, 0.05) is 5.92 Å². The third kappa shape index (κ3) is 2.95. The van der Waals surface area contributed by atoms with E-state index < -0.39 is 29.7 Å². The van der Waals surface area contributed by atoms with E-state index in [1.165, 1.54) is 12.1 Å². The van der Waals surface area contributed by atoms with Gasteiger partial charge < -0.3 is 9.84 Å². The second-order valence-electron chi connectivity index (χ2n) is 9.05. The van der Waals surface area contributed by atoms with Gasteiger partial charge in [0.1, 0.15) is 5.76 Å². The van der Waals surface area contributed by atoms with Gasteiger partial charge in [-0.1, -0.05) is 29.8 Å². The predicted octanol–water partition coefficient (Wildman–Crippen LogP) is 5.67. The Kier molecular flexibility index (Phi) is 4.39. The molecule has 2 aromatic rings. The van der Waals surface area contributed by atoms with Crippen LogP contribution in [0, 0.1) is 32.6 Å². The van der Waals surface area contributed by atoms with Crippen LogP contribution in [0.1, 0.15) is 45.7 Å². The van der Waals surface area contributed by atoms with Crippen LogP contribution in [-0.2, 0) is 15.7 Å². The molecular weight excluding hydrogens is 405 g/mol. The third-order valence-electron chi connectivity index (χ3n) is 7.07. The maximum atomic E-state index is 13.4. The molecule has 0 aromatic heterocycles. The first kappa shape index (κ1) is 20.3. The first-order valence-electron chi connectivity index (χ1n) is 10.5. The predicted molar refractivity (Wildman–Crippen MR) is 110 cm³/mol. The summed E-state index contributed by atoms with van der Waals surface area (Å²) in [6.45, 7) is 5.87. The largest absolute Gasteiger partial charge is 0.511 e. The zero-order valence-electron chi connectivity index (χ0n) is 17.5. The maximum Gasteiger partial charge on any atom is 0.416 e. The van der Waals surface area contributed by atoms with Gasteiger partial charge >= 0.3 is 6.18 Å². The number of fused-ring (bicyclic) bond motifs is 5. The summed E-state index contributed by atoms with van der Waals surface area (Å²) in [5, 5.41) is 11.2. The minimum atomic E-state index is -4.38. The number of Topliss-reactive ketones (excluding diaryl/α,β-unsaturated/α-hetero) is 1. The van der Waals surface area contributed by atoms with E-state index in [0.717, 1.165) is 39.9 Å². The fourth-order valence-corrected chi connectivity index (χ4v) is 5.93. The molecule has 3 aliphatic rings. The zero-order chi connectivity index (χ0) is 22.2. The van der Waals surface area contributed by atoms with Gasteiger partial charge in [0.2, 0.25) is 0 Å². The smallest absolute Gasteiger partial charge is 0.416 e. The summed E-state index contributed by atoms with van der Waals surface area (Å²) < 4.78 is 44.8. The van der Waals surface area contributed by atoms with Gasteiger partial charge in [-0.2, -0.15) is 13.2 Å². The van der Waals surface area contributed by atoms with E-state index in [1.807, 2.05) is 32.9 Å². The Morgan fingerprint density at radius 3 is 2.19 bits per heavy atom. The van der Waals surface area contributed by atoms with Crippen molar-refractivity contribution in [2.24, 2.45) is 11.8 Å². The van der Waals surface area contributed by atoms with Crippen molar-refractivity contribution in [1.82, 2.24) is 0 Å². The van der Waals surface area contributed by atoms with Crippen molar-refractivity contribution in [2.75, 3.05) is 0 Å². The molecule has 2 aliphatic heterocycles. The van der Waals surface area contributed by atoms with Gasteiger partial charge in [0.15, 0.2) is 5.78 Å². The molecule has 0 radical (unpaired) electrons. The molecular formula is C25H23F3O3. The molecule has 3 nitrogen and oxygen atoms in total. The normalized spacial score (nSPS) is 29.7. The number of ether oxygens (including phenoxy) is 1. The highest BCUT2D eigenvalue weighted by Crippen LogP contribution is 2.58. The molecule has 2 fully saturated rings. The minimum absolute atomic E-state index is 0.0640. The molecule has 2 saturated heterocycles. The number of aryl methyl sites for hydroxylation is 3. The lowest BCUT2D eigenvalue weighted by atomic mass is 9.72. The van der Waals surface area contributed by atoms with Gasteiger partial charge in [-0.05, 0) is 61.6 Å². The van der Waals surface area contributed by atoms with Gasteiger partial charge in [-0.3, -0.25) is 4.79 Å². The Balaban J connectivity index is 1.51. The highest BCUT2D eigenvalue weighted by Gasteiger charge is 2.62. The maximum absolute atomic E-state index is 13.4. The fraction of sp³-hybridized carbons (Fsp3) is 0.400. The van der Waals surface area contributed by atoms with Gasteiger partial charge in [0.05, 0.1) is 35.2 Å². The molecule has 2 heterocycles. The quantitative estimate of drug-likeness (QED) is 0.671. The van der Waals surface area contributed by atoms with Crippen molar-refractivity contribution < 1.29 is 27.8 Å². The fourth-order valence-electron chi connectivity index (χ4n) is 5.93. The molecule has 1 aliphatic carbocycles. The van der Waals surface area contributed by atoms with Crippen molar-refractivity contribution in [2.45, 2.75) is 51.5 Å². The number of alkyl halides is 3. The first-order chi connectivity index (χ1) is 14.6. The number of aliphatic hydroxyl groups is 1. The van der Waals surface area contributed by atoms with Crippen molar-refractivity contribution >= 4 is 11.4 Å². The number of ketones is 1. The number of hydrogen-bond acceptors (Lipinski definition) is 3. The molecule has 1 N–H and O–H groups in total. The van der Waals surface area contributed by atoms with Gasteiger partial charge in [-0.25, -0.2) is 0 Å². The van der Waals surface area contributed by atoms with Crippen molar-refractivity contribution in [3.63, 3.8) is 0 Å². The number of carbonyl (C=O) groups is 1. The lowest BCUT2D eigenvalue weighted by molar-refractivity contribution is -0.137. The van der Waals surface area contributed by atoms with Crippen LogP contribution in [0.2, 0.25) is 0 Å². The summed E-state index contributed by atoms with van der Waals surface area (Å²) >= 11 is 0. The summed E-state index contributed by atoms with van der Waals surface area (Å²) in [7, 11) is 0. The van der Waals surface area contributed by atoms with E-state index in [-0.39, 0.29) is 23.6 Å². The molecule has 2 bridgehead atoms. The first-order valence-corrected chi connectivity index (χ1v) is 10.5. The van der Waals surface area contributed by atoms with Crippen LogP contribution in [0.3, 0.4) is 0 Å². The summed E-state index contributed by atoms with van der Waals surface area (Å²) in [5.41, 5.74) is 4.21. The Morgan fingerprint density at radius 1 is 1.00 bits per heavy atom. The minimum Gasteiger partial charge on any atom is -0.511 e. The van der Waals surface area contributed by atoms with E-state index in [1.54, 1.807) is 0 Å². The summed E-state index contributed by atoms with van der Waals surface area (Å²) in [6, 6.07) is 9.14. The zero-order valence-corrected chi connectivity index (χ0v) is 17.5. The number of rotatable bonds is 2. The highest BCUT2D eigenvalue weighted by molar-refractivity contribution is 6.26. The number of aliphatic hydroxyl groups excluding tert-OH is 1. The van der Waals surface area contributed by atoms with Crippen molar-refractivity contribution in [1.29, 1.82) is 0 Å². The monoisotopic (exact) mass is 428 g/mol. The Morgan fingerprint density at radius 2 is 1.61 bits per heavy atom. The Hall–Kier alpha value is -2.60. The van der Waals surface area contributed by atoms with Crippen LogP contribution >= 0.6 is 0 Å². The van der Waals surface area contributed by atoms with Crippen LogP contribution in [0.25, 0.3) is 5.57 Å². The van der Waals surface area contributed by atoms with E-state index in [4.69, 9.17) is 4.74 Å². The van der Waals surface area contributed by atoms with Crippen LogP contribution in [0.4, 0.5) is 13.2 Å². The van der Waals surface area contributed by atoms with Crippen molar-refractivity contribution in [3.05, 3.63) is 75.5 Å². The standard InChI is InChI=1S/C25H23F3O3/c1-11-8-12(2)18(13(3)9-11)20-22(29)19-17-10-16(24(31-17)21(19)23(20)30)14-4-6-15(7-5-14)25(26,27)28/h4-9,16-17,19,21,24,30H,10H2,1-3H3/t16-,17-,19-,21+,24+/m0/s1. The average molecular weight is 428 g/mol. The Labute approximate surface area is 178 Å². The van der Waals surface area contributed by atoms with Crippen LogP contribution in [0.5, 0.6) is 0 Å². The molecule has 162 valence electrons. The number of carbonyl (C=O) groups excluding carboxylic acids is 1. The molecule has 5 atom stereocenters. The van der Waals surface area contributed by atoms with E-state index >= 15 is 0 Å². The summed E-state index contributed by atoms with van der Waals surface area (Å²) in [6.07, 6.45) is -4.57. The molecule has 0 unspecified atom stereocenters. The van der Waals surface area contributed by atoms with Crippen LogP contribution < -0.4 is 0 Å². The van der Waals surface area contributed by atoms with Crippen LogP contribution in [-0.4, -0.2) is 23.1 Å². The highest BCUT2D eigenvalue weighted by atomic mass is 19.4. The van der Waals surface area contributed by atoms with E-state index in [9.17, 15) is 23.1 Å². The van der Waals surface area contributed by atoms with Gasteiger partial charge in [-0.15, -0.1) is 0 Å². The summed E-state index contributed by atoms with van der Waals surface area (Å²) in [4.78, 5) is 13.4. The molecule has 2 aromatic carbocycles. The lowest BCUT2D eigenvalue weighted by Crippen LogP contribution is -2.33. The molecule has 6 heteroatoms.